The summed E-state index contributed by atoms with van der Waals surface area (Å²) < 4.78 is 6.64. The Hall–Kier alpha value is -3.00. The third-order valence-corrected chi connectivity index (χ3v) is 7.63. The van der Waals surface area contributed by atoms with Gasteiger partial charge in [0.2, 0.25) is 0 Å². The van der Waals surface area contributed by atoms with Crippen LogP contribution in [0.25, 0.3) is 16.8 Å². The lowest BCUT2D eigenvalue weighted by molar-refractivity contribution is 0.0593. The summed E-state index contributed by atoms with van der Waals surface area (Å²) in [7, 11) is -0.586. The van der Waals surface area contributed by atoms with Crippen molar-refractivity contribution in [2.45, 2.75) is 25.7 Å². The molecule has 1 aromatic carbocycles. The number of esters is 1. The fourth-order valence-electron chi connectivity index (χ4n) is 3.83. The van der Waals surface area contributed by atoms with E-state index in [0.29, 0.717) is 22.0 Å². The Morgan fingerprint density at radius 2 is 1.78 bits per heavy atom. The SMILES string of the molecule is COC(=O)c1cccc(C(O)c2c(-c3ccccc3)nn3c([Si](C)(C)C)c(Cl)ccc23)n1. The van der Waals surface area contributed by atoms with Crippen LogP contribution in [0.15, 0.2) is 60.7 Å². The van der Waals surface area contributed by atoms with Crippen molar-refractivity contribution >= 4 is 36.5 Å². The maximum atomic E-state index is 12.0. The van der Waals surface area contributed by atoms with E-state index in [2.05, 4.69) is 24.6 Å². The molecule has 1 atom stereocenters. The molecule has 6 nitrogen and oxygen atoms in total. The molecule has 32 heavy (non-hydrogen) atoms. The average Bonchev–Trinajstić information content (AvgIpc) is 3.16. The van der Waals surface area contributed by atoms with E-state index in [0.717, 1.165) is 16.4 Å². The fraction of sp³-hybridized carbons (Fsp3) is 0.208. The summed E-state index contributed by atoms with van der Waals surface area (Å²) >= 11 is 6.61. The highest BCUT2D eigenvalue weighted by Gasteiger charge is 2.29. The van der Waals surface area contributed by atoms with E-state index in [1.165, 1.54) is 7.11 Å². The normalized spacial score (nSPS) is 12.7. The Bertz CT molecular complexity index is 1300. The van der Waals surface area contributed by atoms with Gasteiger partial charge in [0, 0.05) is 16.4 Å². The number of ether oxygens (including phenoxy) is 1. The minimum absolute atomic E-state index is 0.132. The Labute approximate surface area is 192 Å². The van der Waals surface area contributed by atoms with E-state index >= 15 is 0 Å². The maximum absolute atomic E-state index is 12.0. The quantitative estimate of drug-likeness (QED) is 0.347. The second-order valence-electron chi connectivity index (χ2n) is 8.55. The van der Waals surface area contributed by atoms with Crippen molar-refractivity contribution in [2.75, 3.05) is 7.11 Å². The Morgan fingerprint density at radius 1 is 1.06 bits per heavy atom. The monoisotopic (exact) mass is 465 g/mol. The van der Waals surface area contributed by atoms with Crippen LogP contribution >= 0.6 is 11.6 Å². The highest BCUT2D eigenvalue weighted by atomic mass is 35.5. The molecule has 164 valence electrons. The van der Waals surface area contributed by atoms with Gasteiger partial charge in [-0.2, -0.15) is 5.10 Å². The second-order valence-corrected chi connectivity index (χ2v) is 13.9. The molecular weight excluding hydrogens is 442 g/mol. The number of hydrogen-bond donors (Lipinski definition) is 1. The van der Waals surface area contributed by atoms with Gasteiger partial charge in [0.1, 0.15) is 19.9 Å². The first-order chi connectivity index (χ1) is 15.2. The zero-order valence-corrected chi connectivity index (χ0v) is 20.1. The summed E-state index contributed by atoms with van der Waals surface area (Å²) in [5.74, 6) is -0.560. The largest absolute Gasteiger partial charge is 0.464 e. The number of pyridine rings is 2. The van der Waals surface area contributed by atoms with Crippen LogP contribution in [0, 0.1) is 0 Å². The van der Waals surface area contributed by atoms with E-state index < -0.39 is 20.1 Å². The summed E-state index contributed by atoms with van der Waals surface area (Å²) in [5.41, 5.74) is 3.35. The summed E-state index contributed by atoms with van der Waals surface area (Å²) in [6.07, 6.45) is -1.11. The van der Waals surface area contributed by atoms with Gasteiger partial charge < -0.3 is 9.84 Å². The van der Waals surface area contributed by atoms with E-state index in [4.69, 9.17) is 21.4 Å². The van der Waals surface area contributed by atoms with Gasteiger partial charge >= 0.3 is 5.97 Å². The minimum atomic E-state index is -1.89. The lowest BCUT2D eigenvalue weighted by Crippen LogP contribution is -2.43. The van der Waals surface area contributed by atoms with Crippen molar-refractivity contribution in [3.05, 3.63) is 82.6 Å². The van der Waals surface area contributed by atoms with Crippen molar-refractivity contribution in [2.24, 2.45) is 0 Å². The first kappa shape index (κ1) is 22.2. The molecule has 0 aliphatic rings. The molecule has 4 rings (SSSR count). The maximum Gasteiger partial charge on any atom is 0.356 e. The van der Waals surface area contributed by atoms with Crippen LogP contribution in [0.4, 0.5) is 0 Å². The molecule has 0 fully saturated rings. The number of aliphatic hydroxyl groups is 1. The van der Waals surface area contributed by atoms with Crippen LogP contribution in [0.5, 0.6) is 0 Å². The van der Waals surface area contributed by atoms with Crippen LogP contribution in [0.1, 0.15) is 27.8 Å². The van der Waals surface area contributed by atoms with E-state index in [1.54, 1.807) is 18.2 Å². The molecule has 0 radical (unpaired) electrons. The van der Waals surface area contributed by atoms with Gasteiger partial charge in [0.05, 0.1) is 29.0 Å². The number of carbonyl (C=O) groups is 1. The molecule has 1 N–H and O–H groups in total. The Kier molecular flexibility index (Phi) is 5.90. The molecule has 0 aliphatic carbocycles. The third kappa shape index (κ3) is 3.95. The number of fused-ring (bicyclic) bond motifs is 1. The van der Waals surface area contributed by atoms with Crippen molar-refractivity contribution in [3.8, 4) is 11.3 Å². The van der Waals surface area contributed by atoms with Gasteiger partial charge in [-0.25, -0.2) is 14.3 Å². The number of rotatable bonds is 5. The molecule has 0 spiro atoms. The van der Waals surface area contributed by atoms with Crippen molar-refractivity contribution in [1.82, 2.24) is 14.6 Å². The number of hydrogen-bond acceptors (Lipinski definition) is 5. The average molecular weight is 466 g/mol. The molecule has 0 bridgehead atoms. The van der Waals surface area contributed by atoms with Gasteiger partial charge in [0.25, 0.3) is 0 Å². The fourth-order valence-corrected chi connectivity index (χ4v) is 6.43. The van der Waals surface area contributed by atoms with Gasteiger partial charge in [0.15, 0.2) is 0 Å². The van der Waals surface area contributed by atoms with Crippen molar-refractivity contribution in [1.29, 1.82) is 0 Å². The zero-order chi connectivity index (χ0) is 23.0. The number of aromatic nitrogens is 3. The Morgan fingerprint density at radius 3 is 2.44 bits per heavy atom. The van der Waals surface area contributed by atoms with Gasteiger partial charge in [-0.15, -0.1) is 0 Å². The highest BCUT2D eigenvalue weighted by Crippen LogP contribution is 2.34. The molecule has 8 heteroatoms. The first-order valence-electron chi connectivity index (χ1n) is 10.2. The first-order valence-corrected chi connectivity index (χ1v) is 14.1. The number of methoxy groups -OCH3 is 1. The highest BCUT2D eigenvalue weighted by molar-refractivity contribution is 6.89. The number of halogens is 1. The molecule has 0 aliphatic heterocycles. The third-order valence-electron chi connectivity index (χ3n) is 5.26. The Balaban J connectivity index is 2.00. The van der Waals surface area contributed by atoms with E-state index in [1.807, 2.05) is 47.0 Å². The van der Waals surface area contributed by atoms with Crippen LogP contribution < -0.4 is 5.32 Å². The molecule has 4 aromatic rings. The van der Waals surface area contributed by atoms with Crippen molar-refractivity contribution < 1.29 is 14.6 Å². The molecule has 1 unspecified atom stereocenters. The summed E-state index contributed by atoms with van der Waals surface area (Å²) in [6.45, 7) is 6.61. The molecule has 3 heterocycles. The van der Waals surface area contributed by atoms with Gasteiger partial charge in [-0.05, 0) is 24.3 Å². The van der Waals surface area contributed by atoms with Crippen LogP contribution in [0.3, 0.4) is 0 Å². The predicted molar refractivity (Wildman–Crippen MR) is 128 cm³/mol. The summed E-state index contributed by atoms with van der Waals surface area (Å²) in [5, 5.41) is 18.0. The van der Waals surface area contributed by atoms with Gasteiger partial charge in [-0.3, -0.25) is 0 Å². The standard InChI is InChI=1S/C24H24ClN3O3Si/c1-31-24(30)18-12-8-11-17(26-18)22(29)20-19-14-13-16(25)23(32(2,3)4)28(19)27-21(20)15-9-6-5-7-10-15/h5-14,22,29H,1-4H3. The van der Waals surface area contributed by atoms with Crippen LogP contribution in [0.2, 0.25) is 24.7 Å². The van der Waals surface area contributed by atoms with Crippen molar-refractivity contribution in [3.63, 3.8) is 0 Å². The molecule has 3 aromatic heterocycles. The summed E-state index contributed by atoms with van der Waals surface area (Å²) in [6, 6.07) is 18.3. The topological polar surface area (TPSA) is 76.7 Å². The lowest BCUT2D eigenvalue weighted by atomic mass is 9.99. The van der Waals surface area contributed by atoms with Gasteiger partial charge in [-0.1, -0.05) is 67.6 Å². The smallest absolute Gasteiger partial charge is 0.356 e. The lowest BCUT2D eigenvalue weighted by Gasteiger charge is -2.20. The molecule has 0 saturated heterocycles. The second kappa shape index (κ2) is 8.50. The molecule has 0 amide bonds. The summed E-state index contributed by atoms with van der Waals surface area (Å²) in [4.78, 5) is 16.3. The number of nitrogens with zero attached hydrogens (tertiary/aromatic N) is 3. The van der Waals surface area contributed by atoms with Crippen LogP contribution in [-0.4, -0.2) is 40.9 Å². The van der Waals surface area contributed by atoms with Crippen LogP contribution in [-0.2, 0) is 4.74 Å². The number of carbonyl (C=O) groups excluding carboxylic acids is 1. The van der Waals surface area contributed by atoms with E-state index in [9.17, 15) is 9.90 Å². The zero-order valence-electron chi connectivity index (χ0n) is 18.3. The number of aliphatic hydroxyl groups excluding tert-OH is 1. The minimum Gasteiger partial charge on any atom is -0.464 e. The number of benzene rings is 1. The predicted octanol–water partition coefficient (Wildman–Crippen LogP) is 4.46. The van der Waals surface area contributed by atoms with E-state index in [-0.39, 0.29) is 5.69 Å². The molecule has 0 saturated carbocycles. The molecular formula is C24H24ClN3O3Si.